The minimum absolute atomic E-state index is 0.475. The molecule has 0 aromatic carbocycles. The van der Waals surface area contributed by atoms with Gasteiger partial charge in [0.2, 0.25) is 0 Å². The van der Waals surface area contributed by atoms with Crippen LogP contribution in [0.1, 0.15) is 17.2 Å². The van der Waals surface area contributed by atoms with Crippen molar-refractivity contribution in [3.05, 3.63) is 35.5 Å². The third-order valence-electron chi connectivity index (χ3n) is 2.06. The maximum atomic E-state index is 5.69. The van der Waals surface area contributed by atoms with Crippen LogP contribution >= 0.6 is 11.6 Å². The van der Waals surface area contributed by atoms with E-state index in [0.717, 1.165) is 23.0 Å². The molecule has 78 valence electrons. The minimum atomic E-state index is 0.475. The maximum Gasteiger partial charge on any atom is 0.155 e. The van der Waals surface area contributed by atoms with Crippen LogP contribution in [0.25, 0.3) is 5.82 Å². The van der Waals surface area contributed by atoms with E-state index in [1.807, 2.05) is 26.0 Å². The van der Waals surface area contributed by atoms with E-state index in [0.29, 0.717) is 5.88 Å². The quantitative estimate of drug-likeness (QED) is 0.731. The molecule has 4 nitrogen and oxygen atoms in total. The Morgan fingerprint density at radius 3 is 2.60 bits per heavy atom. The van der Waals surface area contributed by atoms with Gasteiger partial charge < -0.3 is 0 Å². The smallest absolute Gasteiger partial charge is 0.155 e. The van der Waals surface area contributed by atoms with Gasteiger partial charge in [0, 0.05) is 12.1 Å². The summed E-state index contributed by atoms with van der Waals surface area (Å²) in [6.45, 7) is 3.76. The summed E-state index contributed by atoms with van der Waals surface area (Å²) in [5, 5.41) is 4.25. The van der Waals surface area contributed by atoms with Crippen LogP contribution in [0.2, 0.25) is 0 Å². The minimum Gasteiger partial charge on any atom is -0.237 e. The second kappa shape index (κ2) is 3.98. The highest BCUT2D eigenvalue weighted by Gasteiger charge is 2.05. The van der Waals surface area contributed by atoms with Crippen molar-refractivity contribution in [3.63, 3.8) is 0 Å². The van der Waals surface area contributed by atoms with E-state index in [1.165, 1.54) is 0 Å². The van der Waals surface area contributed by atoms with E-state index >= 15 is 0 Å². The average molecular weight is 223 g/mol. The van der Waals surface area contributed by atoms with Gasteiger partial charge in [0.15, 0.2) is 5.82 Å². The van der Waals surface area contributed by atoms with Crippen LogP contribution in [0.4, 0.5) is 0 Å². The molecule has 15 heavy (non-hydrogen) atoms. The normalized spacial score (nSPS) is 10.6. The van der Waals surface area contributed by atoms with Crippen LogP contribution < -0.4 is 0 Å². The summed E-state index contributed by atoms with van der Waals surface area (Å²) in [5.74, 6) is 2.82. The molecular weight excluding hydrogens is 212 g/mol. The van der Waals surface area contributed by atoms with Gasteiger partial charge in [-0.05, 0) is 25.5 Å². The van der Waals surface area contributed by atoms with E-state index in [1.54, 1.807) is 10.9 Å². The average Bonchev–Trinajstić information content (AvgIpc) is 2.58. The summed E-state index contributed by atoms with van der Waals surface area (Å²) in [7, 11) is 0. The Balaban J connectivity index is 2.41. The fraction of sp³-hybridized carbons (Fsp3) is 0.300. The molecule has 0 saturated heterocycles. The molecule has 5 heteroatoms. The topological polar surface area (TPSA) is 43.6 Å². The van der Waals surface area contributed by atoms with E-state index in [9.17, 15) is 0 Å². The first-order valence-corrected chi connectivity index (χ1v) is 5.15. The lowest BCUT2D eigenvalue weighted by atomic mass is 10.3. The van der Waals surface area contributed by atoms with Gasteiger partial charge in [-0.15, -0.1) is 16.7 Å². The summed E-state index contributed by atoms with van der Waals surface area (Å²) in [6.07, 6.45) is 1.75. The number of halogens is 1. The van der Waals surface area contributed by atoms with Crippen LogP contribution in [0, 0.1) is 13.8 Å². The summed E-state index contributed by atoms with van der Waals surface area (Å²) >= 11 is 5.69. The highest BCUT2D eigenvalue weighted by atomic mass is 35.5. The number of hydrogen-bond donors (Lipinski definition) is 0. The van der Waals surface area contributed by atoms with Crippen molar-refractivity contribution in [2.75, 3.05) is 0 Å². The lowest BCUT2D eigenvalue weighted by Crippen LogP contribution is -2.02. The highest BCUT2D eigenvalue weighted by Crippen LogP contribution is 2.08. The van der Waals surface area contributed by atoms with Gasteiger partial charge in [-0.1, -0.05) is 6.07 Å². The number of aromatic nitrogens is 4. The van der Waals surface area contributed by atoms with Crippen molar-refractivity contribution in [2.24, 2.45) is 0 Å². The van der Waals surface area contributed by atoms with Crippen molar-refractivity contribution < 1.29 is 0 Å². The summed E-state index contributed by atoms with van der Waals surface area (Å²) in [6, 6.07) is 3.82. The van der Waals surface area contributed by atoms with Crippen molar-refractivity contribution >= 4 is 11.6 Å². The van der Waals surface area contributed by atoms with Crippen molar-refractivity contribution in [1.82, 2.24) is 19.7 Å². The second-order valence-electron chi connectivity index (χ2n) is 3.28. The predicted molar refractivity (Wildman–Crippen MR) is 58.2 cm³/mol. The molecule has 0 spiro atoms. The summed E-state index contributed by atoms with van der Waals surface area (Å²) in [4.78, 5) is 8.49. The predicted octanol–water partition coefficient (Wildman–Crippen LogP) is 2.02. The first-order valence-electron chi connectivity index (χ1n) is 4.62. The fourth-order valence-electron chi connectivity index (χ4n) is 1.36. The molecule has 0 N–H and O–H groups in total. The number of nitrogens with zero attached hydrogens (tertiary/aromatic N) is 4. The zero-order valence-electron chi connectivity index (χ0n) is 8.61. The molecule has 0 aliphatic rings. The number of pyridine rings is 1. The number of rotatable bonds is 2. The monoisotopic (exact) mass is 222 g/mol. The van der Waals surface area contributed by atoms with Crippen LogP contribution in [0.3, 0.4) is 0 Å². The lowest BCUT2D eigenvalue weighted by Gasteiger charge is -2.01. The van der Waals surface area contributed by atoms with Gasteiger partial charge in [-0.25, -0.2) is 9.97 Å². The molecule has 2 aromatic rings. The molecule has 0 bridgehead atoms. The zero-order valence-corrected chi connectivity index (χ0v) is 9.36. The summed E-state index contributed by atoms with van der Waals surface area (Å²) in [5.41, 5.74) is 0.995. The van der Waals surface area contributed by atoms with Gasteiger partial charge in [-0.2, -0.15) is 4.68 Å². The molecule has 0 amide bonds. The van der Waals surface area contributed by atoms with Crippen LogP contribution in [-0.2, 0) is 5.88 Å². The Hall–Kier alpha value is -1.42. The van der Waals surface area contributed by atoms with Gasteiger partial charge in [-0.3, -0.25) is 0 Å². The summed E-state index contributed by atoms with van der Waals surface area (Å²) < 4.78 is 1.72. The maximum absolute atomic E-state index is 5.69. The number of alkyl halides is 1. The SMILES string of the molecule is Cc1nc(C)n(-c2ccc(CCl)cn2)n1. The van der Waals surface area contributed by atoms with Crippen LogP contribution in [0.15, 0.2) is 18.3 Å². The Bertz CT molecular complexity index is 461. The second-order valence-corrected chi connectivity index (χ2v) is 3.54. The molecule has 0 saturated carbocycles. The number of hydrogen-bond acceptors (Lipinski definition) is 3. The molecule has 0 aliphatic carbocycles. The van der Waals surface area contributed by atoms with Crippen molar-refractivity contribution in [3.8, 4) is 5.82 Å². The Kier molecular flexibility index (Phi) is 2.68. The third kappa shape index (κ3) is 1.99. The Morgan fingerprint density at radius 1 is 1.33 bits per heavy atom. The molecule has 0 radical (unpaired) electrons. The van der Waals surface area contributed by atoms with Crippen LogP contribution in [-0.4, -0.2) is 19.7 Å². The van der Waals surface area contributed by atoms with Crippen LogP contribution in [0.5, 0.6) is 0 Å². The van der Waals surface area contributed by atoms with Gasteiger partial charge >= 0.3 is 0 Å². The van der Waals surface area contributed by atoms with E-state index in [4.69, 9.17) is 11.6 Å². The fourth-order valence-corrected chi connectivity index (χ4v) is 1.52. The van der Waals surface area contributed by atoms with Crippen molar-refractivity contribution in [2.45, 2.75) is 19.7 Å². The molecule has 2 rings (SSSR count). The van der Waals surface area contributed by atoms with Gasteiger partial charge in [0.25, 0.3) is 0 Å². The first-order chi connectivity index (χ1) is 7.20. The third-order valence-corrected chi connectivity index (χ3v) is 2.36. The molecule has 0 atom stereocenters. The van der Waals surface area contributed by atoms with Gasteiger partial charge in [0.1, 0.15) is 11.6 Å². The number of aryl methyl sites for hydroxylation is 2. The molecule has 0 fully saturated rings. The molecule has 2 aromatic heterocycles. The molecule has 2 heterocycles. The molecule has 0 unspecified atom stereocenters. The standard InChI is InChI=1S/C10H11ClN4/c1-7-13-8(2)15(14-7)10-4-3-9(5-11)6-12-10/h3-4,6H,5H2,1-2H3. The lowest BCUT2D eigenvalue weighted by molar-refractivity contribution is 0.802. The largest absolute Gasteiger partial charge is 0.237 e. The highest BCUT2D eigenvalue weighted by molar-refractivity contribution is 6.17. The molecule has 0 aliphatic heterocycles. The van der Waals surface area contributed by atoms with E-state index in [2.05, 4.69) is 15.1 Å². The first kappa shape index (κ1) is 10.1. The van der Waals surface area contributed by atoms with Gasteiger partial charge in [0.05, 0.1) is 0 Å². The molecular formula is C10H11ClN4. The van der Waals surface area contributed by atoms with E-state index < -0.39 is 0 Å². The Labute approximate surface area is 92.9 Å². The Morgan fingerprint density at radius 2 is 2.13 bits per heavy atom. The zero-order chi connectivity index (χ0) is 10.8. The van der Waals surface area contributed by atoms with Crippen molar-refractivity contribution in [1.29, 1.82) is 0 Å². The van der Waals surface area contributed by atoms with E-state index in [-0.39, 0.29) is 0 Å².